The summed E-state index contributed by atoms with van der Waals surface area (Å²) in [6.07, 6.45) is 0.966. The topological polar surface area (TPSA) is 98.2 Å². The number of hydrogen-bond donors (Lipinski definition) is 0. The number of halogens is 3. The minimum Gasteiger partial charge on any atom is -0.416 e. The maximum atomic E-state index is 12.6. The minimum absolute atomic E-state index is 0.0434. The third-order valence-electron chi connectivity index (χ3n) is 5.55. The fraction of sp³-hybridized carbons (Fsp3) is 0.611. The third-order valence-corrected chi connectivity index (χ3v) is 5.55. The molecule has 0 N–H and O–H groups in total. The van der Waals surface area contributed by atoms with Crippen molar-refractivity contribution in [2.24, 2.45) is 0 Å². The highest BCUT2D eigenvalue weighted by Gasteiger charge is 2.38. The summed E-state index contributed by atoms with van der Waals surface area (Å²) in [5, 5.41) is 6.58. The van der Waals surface area contributed by atoms with Crippen LogP contribution in [0.25, 0.3) is 11.2 Å². The monoisotopic (exact) mass is 438 g/mol. The van der Waals surface area contributed by atoms with Crippen molar-refractivity contribution >= 4 is 17.0 Å². The number of rotatable bonds is 5. The van der Waals surface area contributed by atoms with E-state index in [-0.39, 0.29) is 18.5 Å². The van der Waals surface area contributed by atoms with Gasteiger partial charge in [-0.2, -0.15) is 13.2 Å². The quantitative estimate of drug-likeness (QED) is 0.590. The predicted molar refractivity (Wildman–Crippen MR) is 101 cm³/mol. The Morgan fingerprint density at radius 3 is 2.61 bits per heavy atom. The number of aromatic nitrogens is 6. The Balaban J connectivity index is 1.24. The van der Waals surface area contributed by atoms with E-state index in [1.54, 1.807) is 6.33 Å². The zero-order chi connectivity index (χ0) is 21.4. The standard InChI is InChI=1S/C18H21F3N8O2/c19-18(20,21)17-26-25-13(31-17)9-27-3-5-28(6-4-27)15-14-16(23-10-22-15)29(11-24-14)8-12-2-1-7-30-12/h10-12H,1-9H2. The van der Waals surface area contributed by atoms with E-state index in [0.29, 0.717) is 32.7 Å². The van der Waals surface area contributed by atoms with Crippen LogP contribution in [0.3, 0.4) is 0 Å². The molecule has 2 aliphatic rings. The van der Waals surface area contributed by atoms with E-state index in [1.165, 1.54) is 6.33 Å². The summed E-state index contributed by atoms with van der Waals surface area (Å²) in [4.78, 5) is 17.5. The molecule has 1 unspecified atom stereocenters. The Labute approximate surface area is 175 Å². The number of anilines is 1. The zero-order valence-electron chi connectivity index (χ0n) is 16.6. The highest BCUT2D eigenvalue weighted by molar-refractivity contribution is 5.83. The Morgan fingerprint density at radius 2 is 1.90 bits per heavy atom. The highest BCUT2D eigenvalue weighted by atomic mass is 19.4. The van der Waals surface area contributed by atoms with Gasteiger partial charge >= 0.3 is 12.1 Å². The molecule has 13 heteroatoms. The van der Waals surface area contributed by atoms with Crippen LogP contribution in [-0.4, -0.2) is 73.5 Å². The Morgan fingerprint density at radius 1 is 1.06 bits per heavy atom. The molecule has 31 heavy (non-hydrogen) atoms. The van der Waals surface area contributed by atoms with Crippen molar-refractivity contribution in [2.75, 3.05) is 37.7 Å². The fourth-order valence-electron chi connectivity index (χ4n) is 3.98. The third kappa shape index (κ3) is 4.19. The van der Waals surface area contributed by atoms with Crippen LogP contribution in [0.15, 0.2) is 17.1 Å². The normalized spacial score (nSPS) is 20.7. The Bertz CT molecular complexity index is 1040. The number of piperazine rings is 1. The SMILES string of the molecule is FC(F)(F)c1nnc(CN2CCN(c3ncnc4c3ncn4CC3CCCO3)CC2)o1. The molecule has 0 aliphatic carbocycles. The van der Waals surface area contributed by atoms with Crippen LogP contribution >= 0.6 is 0 Å². The molecule has 0 radical (unpaired) electrons. The summed E-state index contributed by atoms with van der Waals surface area (Å²) in [6, 6.07) is 0. The number of fused-ring (bicyclic) bond motifs is 1. The van der Waals surface area contributed by atoms with E-state index < -0.39 is 12.1 Å². The summed E-state index contributed by atoms with van der Waals surface area (Å²) < 4.78 is 50.3. The predicted octanol–water partition coefficient (Wildman–Crippen LogP) is 1.73. The number of imidazole rings is 1. The lowest BCUT2D eigenvalue weighted by Crippen LogP contribution is -2.46. The molecule has 2 fully saturated rings. The van der Waals surface area contributed by atoms with Crippen LogP contribution in [0.1, 0.15) is 24.6 Å². The van der Waals surface area contributed by atoms with Gasteiger partial charge in [0, 0.05) is 32.8 Å². The van der Waals surface area contributed by atoms with Crippen molar-refractivity contribution in [3.8, 4) is 0 Å². The van der Waals surface area contributed by atoms with Crippen molar-refractivity contribution in [3.63, 3.8) is 0 Å². The van der Waals surface area contributed by atoms with Crippen LogP contribution in [0.4, 0.5) is 19.0 Å². The smallest absolute Gasteiger partial charge is 0.416 e. The first-order valence-electron chi connectivity index (χ1n) is 10.1. The molecule has 0 aromatic carbocycles. The molecule has 166 valence electrons. The van der Waals surface area contributed by atoms with Crippen molar-refractivity contribution in [1.29, 1.82) is 0 Å². The molecular formula is C18H21F3N8O2. The van der Waals surface area contributed by atoms with Gasteiger partial charge in [-0.3, -0.25) is 4.90 Å². The second-order valence-corrected chi connectivity index (χ2v) is 7.66. The molecule has 2 saturated heterocycles. The molecule has 0 spiro atoms. The van der Waals surface area contributed by atoms with Gasteiger partial charge in [-0.25, -0.2) is 15.0 Å². The summed E-state index contributed by atoms with van der Waals surface area (Å²) >= 11 is 0. The molecule has 1 atom stereocenters. The number of hydrogen-bond acceptors (Lipinski definition) is 9. The zero-order valence-corrected chi connectivity index (χ0v) is 16.6. The highest BCUT2D eigenvalue weighted by Crippen LogP contribution is 2.28. The van der Waals surface area contributed by atoms with E-state index >= 15 is 0 Å². The molecule has 10 nitrogen and oxygen atoms in total. The van der Waals surface area contributed by atoms with Crippen molar-refractivity contribution < 1.29 is 22.3 Å². The first kappa shape index (κ1) is 20.1. The van der Waals surface area contributed by atoms with Crippen LogP contribution < -0.4 is 4.90 Å². The summed E-state index contributed by atoms with van der Waals surface area (Å²) in [7, 11) is 0. The van der Waals surface area contributed by atoms with Crippen LogP contribution in [0.5, 0.6) is 0 Å². The molecular weight excluding hydrogens is 417 g/mol. The van der Waals surface area contributed by atoms with E-state index in [2.05, 4.69) is 30.0 Å². The van der Waals surface area contributed by atoms with E-state index in [0.717, 1.165) is 36.4 Å². The number of ether oxygens (including phenoxy) is 1. The molecule has 0 bridgehead atoms. The van der Waals surface area contributed by atoms with E-state index in [1.807, 2.05) is 9.47 Å². The number of alkyl halides is 3. The van der Waals surface area contributed by atoms with Crippen LogP contribution in [0, 0.1) is 0 Å². The van der Waals surface area contributed by atoms with Crippen LogP contribution in [0.2, 0.25) is 0 Å². The average molecular weight is 438 g/mol. The van der Waals surface area contributed by atoms with Gasteiger partial charge in [-0.05, 0) is 12.8 Å². The molecule has 5 rings (SSSR count). The van der Waals surface area contributed by atoms with Gasteiger partial charge < -0.3 is 18.6 Å². The summed E-state index contributed by atoms with van der Waals surface area (Å²) in [5.74, 6) is -0.603. The molecule has 0 amide bonds. The van der Waals surface area contributed by atoms with E-state index in [4.69, 9.17) is 9.15 Å². The average Bonchev–Trinajstić information content (AvgIpc) is 3.50. The van der Waals surface area contributed by atoms with Crippen LogP contribution in [-0.2, 0) is 24.0 Å². The van der Waals surface area contributed by atoms with Gasteiger partial charge in [-0.15, -0.1) is 10.2 Å². The largest absolute Gasteiger partial charge is 0.470 e. The number of nitrogens with zero attached hydrogens (tertiary/aromatic N) is 8. The van der Waals surface area contributed by atoms with Gasteiger partial charge in [-0.1, -0.05) is 0 Å². The maximum Gasteiger partial charge on any atom is 0.470 e. The van der Waals surface area contributed by atoms with Crippen molar-refractivity contribution in [2.45, 2.75) is 38.2 Å². The Hall–Kier alpha value is -2.80. The van der Waals surface area contributed by atoms with Crippen molar-refractivity contribution in [3.05, 3.63) is 24.4 Å². The lowest BCUT2D eigenvalue weighted by Gasteiger charge is -2.34. The minimum atomic E-state index is -4.63. The van der Waals surface area contributed by atoms with Crippen molar-refractivity contribution in [1.82, 2.24) is 34.6 Å². The Kier molecular flexibility index (Phi) is 5.22. The first-order valence-corrected chi connectivity index (χ1v) is 10.1. The van der Waals surface area contributed by atoms with Gasteiger partial charge in [0.1, 0.15) is 6.33 Å². The van der Waals surface area contributed by atoms with E-state index in [9.17, 15) is 13.2 Å². The van der Waals surface area contributed by atoms with Gasteiger partial charge in [0.2, 0.25) is 5.89 Å². The summed E-state index contributed by atoms with van der Waals surface area (Å²) in [6.45, 7) is 4.20. The second-order valence-electron chi connectivity index (χ2n) is 7.66. The molecule has 0 saturated carbocycles. The summed E-state index contributed by atoms with van der Waals surface area (Å²) in [5.41, 5.74) is 1.51. The lowest BCUT2D eigenvalue weighted by atomic mass is 10.2. The maximum absolute atomic E-state index is 12.6. The van der Waals surface area contributed by atoms with Gasteiger partial charge in [0.05, 0.1) is 25.5 Å². The fourth-order valence-corrected chi connectivity index (χ4v) is 3.98. The molecule has 5 heterocycles. The lowest BCUT2D eigenvalue weighted by molar-refractivity contribution is -0.157. The van der Waals surface area contributed by atoms with Gasteiger partial charge in [0.15, 0.2) is 17.0 Å². The first-order chi connectivity index (χ1) is 15.0. The molecule has 3 aromatic heterocycles. The molecule has 2 aliphatic heterocycles. The molecule has 3 aromatic rings. The van der Waals surface area contributed by atoms with Gasteiger partial charge in [0.25, 0.3) is 0 Å². The second kappa shape index (κ2) is 8.04.